The molecule has 0 radical (unpaired) electrons. The highest BCUT2D eigenvalue weighted by Gasteiger charge is 2.37. The molecule has 1 aliphatic heterocycles. The Hall–Kier alpha value is -2.58. The summed E-state index contributed by atoms with van der Waals surface area (Å²) in [4.78, 5) is 28.0. The first kappa shape index (κ1) is 24.5. The maximum Gasteiger partial charge on any atom is 0.254 e. The number of carbonyl (C=O) groups excluding carboxylic acids is 2. The Bertz CT molecular complexity index is 1080. The first-order chi connectivity index (χ1) is 16.3. The number of benzene rings is 2. The molecule has 0 saturated heterocycles. The van der Waals surface area contributed by atoms with Gasteiger partial charge in [0.05, 0.1) is 13.2 Å². The molecule has 2 aromatic carbocycles. The van der Waals surface area contributed by atoms with Crippen LogP contribution in [0, 0.1) is 12.8 Å². The van der Waals surface area contributed by atoms with E-state index in [-0.39, 0.29) is 23.8 Å². The molecule has 4 rings (SSSR count). The monoisotopic (exact) mass is 529 g/mol. The summed E-state index contributed by atoms with van der Waals surface area (Å²) in [6.07, 6.45) is 2.64. The largest absolute Gasteiger partial charge is 0.496 e. The summed E-state index contributed by atoms with van der Waals surface area (Å²) in [6.45, 7) is 4.69. The van der Waals surface area contributed by atoms with Crippen molar-refractivity contribution in [1.82, 2.24) is 4.90 Å². The number of hydrogen-bond donors (Lipinski definition) is 3. The molecule has 1 heterocycles. The van der Waals surface area contributed by atoms with Gasteiger partial charge in [-0.05, 0) is 68.9 Å². The highest BCUT2D eigenvalue weighted by molar-refractivity contribution is 9.10. The molecule has 1 saturated carbocycles. The predicted molar refractivity (Wildman–Crippen MR) is 136 cm³/mol. The fourth-order valence-electron chi connectivity index (χ4n) is 4.84. The number of aliphatic hydroxyl groups is 1. The second-order valence-electron chi connectivity index (χ2n) is 9.33. The summed E-state index contributed by atoms with van der Waals surface area (Å²) >= 11 is 3.62. The Morgan fingerprint density at radius 3 is 2.62 bits per heavy atom. The second kappa shape index (κ2) is 10.4. The average Bonchev–Trinajstić information content (AvgIpc) is 3.16. The van der Waals surface area contributed by atoms with Gasteiger partial charge in [-0.15, -0.1) is 0 Å². The van der Waals surface area contributed by atoms with Crippen LogP contribution in [0.4, 0.5) is 11.4 Å². The van der Waals surface area contributed by atoms with E-state index in [2.05, 4.69) is 26.6 Å². The Morgan fingerprint density at radius 1 is 1.21 bits per heavy atom. The number of methoxy groups -OCH3 is 1. The molecule has 34 heavy (non-hydrogen) atoms. The first-order valence-electron chi connectivity index (χ1n) is 11.8. The fourth-order valence-corrected chi connectivity index (χ4v) is 5.42. The lowest BCUT2D eigenvalue weighted by Gasteiger charge is -2.34. The number of amides is 2. The average molecular weight is 530 g/mol. The third-order valence-electron chi connectivity index (χ3n) is 6.80. The lowest BCUT2D eigenvalue weighted by atomic mass is 9.84. The third kappa shape index (κ3) is 5.23. The zero-order chi connectivity index (χ0) is 24.4. The lowest BCUT2D eigenvalue weighted by Crippen LogP contribution is -2.40. The number of carbonyl (C=O) groups is 2. The maximum absolute atomic E-state index is 13.2. The van der Waals surface area contributed by atoms with E-state index >= 15 is 0 Å². The molecular weight excluding hydrogens is 498 g/mol. The van der Waals surface area contributed by atoms with Crippen LogP contribution in [0.5, 0.6) is 5.75 Å². The third-order valence-corrected chi connectivity index (χ3v) is 7.51. The molecule has 3 N–H and O–H groups in total. The van der Waals surface area contributed by atoms with Crippen LogP contribution in [0.1, 0.15) is 54.1 Å². The minimum absolute atomic E-state index is 0.0250. The number of aliphatic hydroxyl groups excluding tert-OH is 1. The maximum atomic E-state index is 13.2. The van der Waals surface area contributed by atoms with Gasteiger partial charge in [-0.3, -0.25) is 9.59 Å². The molecule has 182 valence electrons. The molecule has 0 aromatic heterocycles. The first-order valence-corrected chi connectivity index (χ1v) is 12.6. The van der Waals surface area contributed by atoms with Gasteiger partial charge in [0.25, 0.3) is 5.91 Å². The molecule has 1 aliphatic carbocycles. The van der Waals surface area contributed by atoms with E-state index in [1.54, 1.807) is 14.0 Å². The van der Waals surface area contributed by atoms with Gasteiger partial charge in [-0.1, -0.05) is 22.0 Å². The Labute approximate surface area is 209 Å². The van der Waals surface area contributed by atoms with Crippen LogP contribution < -0.4 is 15.4 Å². The summed E-state index contributed by atoms with van der Waals surface area (Å²) in [7, 11) is 1.62. The Balaban J connectivity index is 1.36. The van der Waals surface area contributed by atoms with E-state index in [4.69, 9.17) is 4.74 Å². The molecule has 2 aromatic rings. The van der Waals surface area contributed by atoms with Crippen molar-refractivity contribution in [3.63, 3.8) is 0 Å². The van der Waals surface area contributed by atoms with Gasteiger partial charge in [0.2, 0.25) is 5.91 Å². The van der Waals surface area contributed by atoms with Gasteiger partial charge in [-0.2, -0.15) is 0 Å². The van der Waals surface area contributed by atoms with E-state index in [1.165, 1.54) is 0 Å². The number of nitrogens with zero attached hydrogens (tertiary/aromatic N) is 1. The molecule has 0 bridgehead atoms. The SMILES string of the molecule is COc1cc(NC(=O)C2CCC(N3Cc4c(Br)cc(NCC(C)O)cc4C3=O)CC2)ccc1C. The van der Waals surface area contributed by atoms with Crippen molar-refractivity contribution >= 4 is 39.1 Å². The van der Waals surface area contributed by atoms with Gasteiger partial charge in [0, 0.05) is 52.5 Å². The molecule has 7 nitrogen and oxygen atoms in total. The number of rotatable bonds is 7. The summed E-state index contributed by atoms with van der Waals surface area (Å²) < 4.78 is 6.25. The fraction of sp³-hybridized carbons (Fsp3) is 0.462. The van der Waals surface area contributed by atoms with Gasteiger partial charge >= 0.3 is 0 Å². The molecule has 1 fully saturated rings. The number of anilines is 2. The van der Waals surface area contributed by atoms with Crippen molar-refractivity contribution in [2.75, 3.05) is 24.3 Å². The topological polar surface area (TPSA) is 90.9 Å². The quantitative estimate of drug-likeness (QED) is 0.483. The summed E-state index contributed by atoms with van der Waals surface area (Å²) in [6, 6.07) is 9.64. The summed E-state index contributed by atoms with van der Waals surface area (Å²) in [5, 5.41) is 15.7. The second-order valence-corrected chi connectivity index (χ2v) is 10.2. The van der Waals surface area contributed by atoms with E-state index in [0.29, 0.717) is 18.7 Å². The number of nitrogens with one attached hydrogen (secondary N) is 2. The summed E-state index contributed by atoms with van der Waals surface area (Å²) in [5.41, 5.74) is 4.28. The molecule has 1 unspecified atom stereocenters. The predicted octanol–water partition coefficient (Wildman–Crippen LogP) is 4.71. The zero-order valence-corrected chi connectivity index (χ0v) is 21.4. The van der Waals surface area contributed by atoms with Crippen LogP contribution in [0.15, 0.2) is 34.8 Å². The van der Waals surface area contributed by atoms with Crippen molar-refractivity contribution in [1.29, 1.82) is 0 Å². The molecule has 2 aliphatic rings. The Kier molecular flexibility index (Phi) is 7.48. The number of fused-ring (bicyclic) bond motifs is 1. The van der Waals surface area contributed by atoms with Crippen molar-refractivity contribution in [3.8, 4) is 5.75 Å². The van der Waals surface area contributed by atoms with Gasteiger partial charge < -0.3 is 25.4 Å². The van der Waals surface area contributed by atoms with Crippen LogP contribution in [0.2, 0.25) is 0 Å². The number of ether oxygens (including phenoxy) is 1. The molecular formula is C26H32BrN3O4. The normalized spacial score (nSPS) is 20.6. The van der Waals surface area contributed by atoms with Crippen molar-refractivity contribution in [3.05, 3.63) is 51.5 Å². The number of halogens is 1. The van der Waals surface area contributed by atoms with Crippen LogP contribution >= 0.6 is 15.9 Å². The van der Waals surface area contributed by atoms with Crippen molar-refractivity contribution in [2.45, 2.75) is 58.2 Å². The zero-order valence-electron chi connectivity index (χ0n) is 19.9. The van der Waals surface area contributed by atoms with Crippen LogP contribution in [0.3, 0.4) is 0 Å². The van der Waals surface area contributed by atoms with Gasteiger partial charge in [0.1, 0.15) is 5.75 Å². The molecule has 0 spiro atoms. The minimum atomic E-state index is -0.473. The number of hydrogen-bond acceptors (Lipinski definition) is 5. The smallest absolute Gasteiger partial charge is 0.254 e. The van der Waals surface area contributed by atoms with Crippen LogP contribution in [0.25, 0.3) is 0 Å². The van der Waals surface area contributed by atoms with Gasteiger partial charge in [-0.25, -0.2) is 0 Å². The standard InChI is InChI=1S/C26H32BrN3O4/c1-15-4-7-18(12-24(15)34-3)29-25(32)17-5-8-20(9-6-17)30-14-22-21(26(30)33)10-19(11-23(22)27)28-13-16(2)31/h4,7,10-12,16-17,20,28,31H,5-6,8-9,13-14H2,1-3H3,(H,29,32). The molecule has 8 heteroatoms. The highest BCUT2D eigenvalue weighted by atomic mass is 79.9. The molecule has 2 amide bonds. The van der Waals surface area contributed by atoms with Crippen molar-refractivity contribution < 1.29 is 19.4 Å². The van der Waals surface area contributed by atoms with Crippen LogP contribution in [-0.4, -0.2) is 47.6 Å². The lowest BCUT2D eigenvalue weighted by molar-refractivity contribution is -0.121. The highest BCUT2D eigenvalue weighted by Crippen LogP contribution is 2.37. The number of aryl methyl sites for hydroxylation is 1. The van der Waals surface area contributed by atoms with Crippen molar-refractivity contribution in [2.24, 2.45) is 5.92 Å². The van der Waals surface area contributed by atoms with E-state index in [0.717, 1.165) is 58.4 Å². The van der Waals surface area contributed by atoms with Crippen LogP contribution in [-0.2, 0) is 11.3 Å². The van der Waals surface area contributed by atoms with Gasteiger partial charge in [0.15, 0.2) is 0 Å². The summed E-state index contributed by atoms with van der Waals surface area (Å²) in [5.74, 6) is 0.753. The Morgan fingerprint density at radius 2 is 1.94 bits per heavy atom. The van der Waals surface area contributed by atoms with E-state index in [9.17, 15) is 14.7 Å². The minimum Gasteiger partial charge on any atom is -0.496 e. The van der Waals surface area contributed by atoms with E-state index < -0.39 is 6.10 Å². The van der Waals surface area contributed by atoms with E-state index in [1.807, 2.05) is 42.2 Å². The molecule has 1 atom stereocenters.